The van der Waals surface area contributed by atoms with Gasteiger partial charge in [-0.3, -0.25) is 9.69 Å². The van der Waals surface area contributed by atoms with E-state index in [0.717, 1.165) is 51.4 Å². The zero-order chi connectivity index (χ0) is 19.6. The van der Waals surface area contributed by atoms with Crippen molar-refractivity contribution < 1.29 is 9.53 Å². The number of benzene rings is 1. The minimum Gasteiger partial charge on any atom is -0.496 e. The molecule has 2 rings (SSSR count). The van der Waals surface area contributed by atoms with Crippen molar-refractivity contribution in [3.05, 3.63) is 29.8 Å². The average Bonchev–Trinajstić information content (AvgIpc) is 2.70. The number of piperidine rings is 1. The van der Waals surface area contributed by atoms with Gasteiger partial charge in [-0.1, -0.05) is 32.0 Å². The SMILES string of the molecule is CCN(CC)CC(=O)N(C)C[C@H]1CCCN(CCc2ccccc2OC)C1. The molecule has 1 amide bonds. The Kier molecular flexibility index (Phi) is 9.08. The number of amides is 1. The van der Waals surface area contributed by atoms with Gasteiger partial charge in [0, 0.05) is 26.7 Å². The minimum absolute atomic E-state index is 0.241. The molecular formula is C22H37N3O2. The largest absolute Gasteiger partial charge is 0.496 e. The van der Waals surface area contributed by atoms with E-state index in [2.05, 4.69) is 35.8 Å². The van der Waals surface area contributed by atoms with Crippen molar-refractivity contribution in [2.24, 2.45) is 5.92 Å². The van der Waals surface area contributed by atoms with Crippen LogP contribution in [-0.4, -0.2) is 80.6 Å². The molecule has 0 radical (unpaired) electrons. The van der Waals surface area contributed by atoms with Gasteiger partial charge in [-0.05, 0) is 56.4 Å². The third-order valence-corrected chi connectivity index (χ3v) is 5.70. The molecule has 1 saturated heterocycles. The third kappa shape index (κ3) is 6.82. The molecule has 1 heterocycles. The lowest BCUT2D eigenvalue weighted by Crippen LogP contribution is -2.44. The Balaban J connectivity index is 1.80. The first-order chi connectivity index (χ1) is 13.1. The highest BCUT2D eigenvalue weighted by Crippen LogP contribution is 2.21. The molecule has 0 aromatic heterocycles. The quantitative estimate of drug-likeness (QED) is 0.630. The number of rotatable bonds is 10. The highest BCUT2D eigenvalue weighted by Gasteiger charge is 2.23. The lowest BCUT2D eigenvalue weighted by atomic mass is 9.97. The van der Waals surface area contributed by atoms with Crippen LogP contribution in [0, 0.1) is 5.92 Å². The molecule has 5 heteroatoms. The Morgan fingerprint density at radius 1 is 1.26 bits per heavy atom. The van der Waals surface area contributed by atoms with Crippen LogP contribution in [0.15, 0.2) is 24.3 Å². The topological polar surface area (TPSA) is 36.0 Å². The molecular weight excluding hydrogens is 338 g/mol. The standard InChI is InChI=1S/C22H37N3O2/c1-5-24(6-2)18-22(26)23(3)16-19-10-9-14-25(17-19)15-13-20-11-7-8-12-21(20)27-4/h7-8,11-12,19H,5-6,9-10,13-18H2,1-4H3/t19-/m1/s1. The summed E-state index contributed by atoms with van der Waals surface area (Å²) in [6, 6.07) is 8.28. The molecule has 27 heavy (non-hydrogen) atoms. The van der Waals surface area contributed by atoms with Crippen molar-refractivity contribution in [3.8, 4) is 5.75 Å². The lowest BCUT2D eigenvalue weighted by molar-refractivity contribution is -0.131. The Labute approximate surface area is 165 Å². The van der Waals surface area contributed by atoms with Crippen LogP contribution in [-0.2, 0) is 11.2 Å². The van der Waals surface area contributed by atoms with Gasteiger partial charge in [-0.2, -0.15) is 0 Å². The molecule has 0 unspecified atom stereocenters. The number of carbonyl (C=O) groups is 1. The third-order valence-electron chi connectivity index (χ3n) is 5.70. The molecule has 1 aromatic carbocycles. The second-order valence-corrected chi connectivity index (χ2v) is 7.61. The van der Waals surface area contributed by atoms with E-state index in [9.17, 15) is 4.79 Å². The van der Waals surface area contributed by atoms with Crippen molar-refractivity contribution in [2.75, 3.05) is 60.0 Å². The molecule has 0 saturated carbocycles. The van der Waals surface area contributed by atoms with Crippen molar-refractivity contribution in [3.63, 3.8) is 0 Å². The highest BCUT2D eigenvalue weighted by molar-refractivity contribution is 5.78. The normalized spacial score (nSPS) is 17.9. The van der Waals surface area contributed by atoms with Crippen LogP contribution in [0.4, 0.5) is 0 Å². The fourth-order valence-corrected chi connectivity index (χ4v) is 3.94. The Hall–Kier alpha value is -1.59. The van der Waals surface area contributed by atoms with Crippen LogP contribution < -0.4 is 4.74 Å². The van der Waals surface area contributed by atoms with Gasteiger partial charge >= 0.3 is 0 Å². The van der Waals surface area contributed by atoms with Crippen molar-refractivity contribution in [1.29, 1.82) is 0 Å². The maximum absolute atomic E-state index is 12.5. The highest BCUT2D eigenvalue weighted by atomic mass is 16.5. The Morgan fingerprint density at radius 3 is 2.70 bits per heavy atom. The van der Waals surface area contributed by atoms with E-state index >= 15 is 0 Å². The summed E-state index contributed by atoms with van der Waals surface area (Å²) in [6.45, 7) is 10.8. The van der Waals surface area contributed by atoms with Crippen LogP contribution in [0.2, 0.25) is 0 Å². The number of likely N-dealkylation sites (tertiary alicyclic amines) is 1. The summed E-state index contributed by atoms with van der Waals surface area (Å²) < 4.78 is 5.47. The summed E-state index contributed by atoms with van der Waals surface area (Å²) in [5.74, 6) is 1.79. The van der Waals surface area contributed by atoms with E-state index < -0.39 is 0 Å². The number of likely N-dealkylation sites (N-methyl/N-ethyl adjacent to an activating group) is 2. The molecule has 1 aliphatic heterocycles. The number of nitrogens with zero attached hydrogens (tertiary/aromatic N) is 3. The smallest absolute Gasteiger partial charge is 0.236 e. The first-order valence-electron chi connectivity index (χ1n) is 10.4. The van der Waals surface area contributed by atoms with E-state index in [1.807, 2.05) is 24.1 Å². The predicted octanol–water partition coefficient (Wildman–Crippen LogP) is 2.75. The van der Waals surface area contributed by atoms with E-state index in [1.165, 1.54) is 18.4 Å². The summed E-state index contributed by atoms with van der Waals surface area (Å²) >= 11 is 0. The van der Waals surface area contributed by atoms with E-state index in [-0.39, 0.29) is 5.91 Å². The van der Waals surface area contributed by atoms with Crippen molar-refractivity contribution in [2.45, 2.75) is 33.1 Å². The van der Waals surface area contributed by atoms with Crippen molar-refractivity contribution >= 4 is 5.91 Å². The maximum Gasteiger partial charge on any atom is 0.236 e. The summed E-state index contributed by atoms with van der Waals surface area (Å²) in [6.07, 6.45) is 3.44. The number of hydrogen-bond donors (Lipinski definition) is 0. The van der Waals surface area contributed by atoms with Crippen LogP contribution in [0.25, 0.3) is 0 Å². The Morgan fingerprint density at radius 2 is 2.00 bits per heavy atom. The molecule has 1 atom stereocenters. The second-order valence-electron chi connectivity index (χ2n) is 7.61. The molecule has 1 aliphatic rings. The molecule has 1 fully saturated rings. The van der Waals surface area contributed by atoms with Crippen molar-refractivity contribution in [1.82, 2.24) is 14.7 Å². The maximum atomic E-state index is 12.5. The average molecular weight is 376 g/mol. The molecule has 152 valence electrons. The molecule has 0 bridgehead atoms. The molecule has 5 nitrogen and oxygen atoms in total. The Bertz CT molecular complexity index is 574. The van der Waals surface area contributed by atoms with E-state index in [1.54, 1.807) is 7.11 Å². The van der Waals surface area contributed by atoms with Crippen LogP contribution >= 0.6 is 0 Å². The summed E-state index contributed by atoms with van der Waals surface area (Å²) in [5.41, 5.74) is 1.27. The van der Waals surface area contributed by atoms with Gasteiger partial charge in [0.05, 0.1) is 13.7 Å². The van der Waals surface area contributed by atoms with E-state index in [0.29, 0.717) is 12.5 Å². The number of ether oxygens (including phenoxy) is 1. The number of para-hydroxylation sites is 1. The van der Waals surface area contributed by atoms with Gasteiger partial charge in [0.25, 0.3) is 0 Å². The summed E-state index contributed by atoms with van der Waals surface area (Å²) in [5, 5.41) is 0. The van der Waals surface area contributed by atoms with Gasteiger partial charge in [-0.25, -0.2) is 0 Å². The summed E-state index contributed by atoms with van der Waals surface area (Å²) in [7, 11) is 3.69. The molecule has 1 aromatic rings. The van der Waals surface area contributed by atoms with Gasteiger partial charge in [0.2, 0.25) is 5.91 Å². The van der Waals surface area contributed by atoms with Gasteiger partial charge < -0.3 is 14.5 Å². The molecule has 0 N–H and O–H groups in total. The monoisotopic (exact) mass is 375 g/mol. The molecule has 0 spiro atoms. The van der Waals surface area contributed by atoms with Crippen LogP contribution in [0.5, 0.6) is 5.75 Å². The van der Waals surface area contributed by atoms with Gasteiger partial charge in [-0.15, -0.1) is 0 Å². The first kappa shape index (κ1) is 21.7. The number of methoxy groups -OCH3 is 1. The lowest BCUT2D eigenvalue weighted by Gasteiger charge is -2.35. The predicted molar refractivity (Wildman–Crippen MR) is 111 cm³/mol. The van der Waals surface area contributed by atoms with E-state index in [4.69, 9.17) is 4.74 Å². The van der Waals surface area contributed by atoms with Gasteiger partial charge in [0.15, 0.2) is 0 Å². The fourth-order valence-electron chi connectivity index (χ4n) is 3.94. The first-order valence-corrected chi connectivity index (χ1v) is 10.4. The van der Waals surface area contributed by atoms with Crippen LogP contribution in [0.3, 0.4) is 0 Å². The second kappa shape index (κ2) is 11.3. The fraction of sp³-hybridized carbons (Fsp3) is 0.682. The van der Waals surface area contributed by atoms with Crippen LogP contribution in [0.1, 0.15) is 32.3 Å². The number of carbonyl (C=O) groups excluding carboxylic acids is 1. The van der Waals surface area contributed by atoms with Gasteiger partial charge in [0.1, 0.15) is 5.75 Å². The molecule has 0 aliphatic carbocycles. The minimum atomic E-state index is 0.241. The zero-order valence-electron chi connectivity index (χ0n) is 17.6. The zero-order valence-corrected chi connectivity index (χ0v) is 17.6. The summed E-state index contributed by atoms with van der Waals surface area (Å²) in [4.78, 5) is 19.1. The number of hydrogen-bond acceptors (Lipinski definition) is 4.